The van der Waals surface area contributed by atoms with Crippen LogP contribution in [0.5, 0.6) is 0 Å². The van der Waals surface area contributed by atoms with Gasteiger partial charge in [0.05, 0.1) is 0 Å². The first-order valence-corrected chi connectivity index (χ1v) is 8.76. The number of rotatable bonds is 2. The molecule has 1 fully saturated rings. The molecular formula is C20H20N4O3. The standard InChI is InChI=1S/C20H20N4O3/c1-22-9-10-24(12-17(22)25)19(26)14-5-3-13(4-6-14)16-11-23(2)20(27)18-15(16)7-8-21-18/h3-8,11,21H,9-10,12H2,1-2H3. The van der Waals surface area contributed by atoms with Crippen molar-refractivity contribution in [2.45, 2.75) is 0 Å². The maximum absolute atomic E-state index is 12.7. The first kappa shape index (κ1) is 17.1. The Balaban J connectivity index is 1.64. The number of aromatic nitrogens is 2. The van der Waals surface area contributed by atoms with Crippen molar-refractivity contribution >= 4 is 22.7 Å². The molecule has 27 heavy (non-hydrogen) atoms. The molecule has 0 atom stereocenters. The number of hydrogen-bond donors (Lipinski definition) is 1. The van der Waals surface area contributed by atoms with E-state index < -0.39 is 0 Å². The maximum Gasteiger partial charge on any atom is 0.274 e. The molecule has 0 aliphatic carbocycles. The molecule has 0 bridgehead atoms. The van der Waals surface area contributed by atoms with Crippen LogP contribution in [-0.2, 0) is 11.8 Å². The molecule has 4 rings (SSSR count). The molecule has 0 unspecified atom stereocenters. The predicted octanol–water partition coefficient (Wildman–Crippen LogP) is 1.45. The van der Waals surface area contributed by atoms with Gasteiger partial charge in [0.15, 0.2) is 0 Å². The van der Waals surface area contributed by atoms with Crippen LogP contribution in [-0.4, -0.2) is 57.8 Å². The number of fused-ring (bicyclic) bond motifs is 1. The van der Waals surface area contributed by atoms with Crippen LogP contribution < -0.4 is 5.56 Å². The number of carbonyl (C=O) groups is 2. The molecule has 1 aliphatic heterocycles. The third kappa shape index (κ3) is 2.91. The zero-order valence-corrected chi connectivity index (χ0v) is 15.2. The van der Waals surface area contributed by atoms with Crippen molar-refractivity contribution in [1.29, 1.82) is 0 Å². The summed E-state index contributed by atoms with van der Waals surface area (Å²) in [6.07, 6.45) is 3.55. The van der Waals surface area contributed by atoms with E-state index in [2.05, 4.69) is 4.98 Å². The second-order valence-electron chi connectivity index (χ2n) is 6.84. The van der Waals surface area contributed by atoms with Gasteiger partial charge in [-0.3, -0.25) is 14.4 Å². The van der Waals surface area contributed by atoms with Crippen LogP contribution in [0.1, 0.15) is 10.4 Å². The molecule has 0 radical (unpaired) electrons. The predicted molar refractivity (Wildman–Crippen MR) is 103 cm³/mol. The summed E-state index contributed by atoms with van der Waals surface area (Å²) < 4.78 is 1.54. The first-order chi connectivity index (χ1) is 13.0. The van der Waals surface area contributed by atoms with Crippen LogP contribution in [0.25, 0.3) is 22.0 Å². The van der Waals surface area contributed by atoms with Gasteiger partial charge in [-0.2, -0.15) is 0 Å². The Kier molecular flexibility index (Phi) is 4.07. The smallest absolute Gasteiger partial charge is 0.274 e. The lowest BCUT2D eigenvalue weighted by atomic mass is 10.0. The van der Waals surface area contributed by atoms with Crippen molar-refractivity contribution in [2.75, 3.05) is 26.7 Å². The number of amides is 2. The van der Waals surface area contributed by atoms with Gasteiger partial charge in [-0.25, -0.2) is 0 Å². The number of nitrogens with one attached hydrogen (secondary N) is 1. The summed E-state index contributed by atoms with van der Waals surface area (Å²) in [5.74, 6) is -0.193. The number of pyridine rings is 1. The minimum Gasteiger partial charge on any atom is -0.357 e. The first-order valence-electron chi connectivity index (χ1n) is 8.76. The third-order valence-corrected chi connectivity index (χ3v) is 5.08. The zero-order valence-electron chi connectivity index (χ0n) is 15.2. The minimum atomic E-state index is -0.143. The van der Waals surface area contributed by atoms with Crippen molar-refractivity contribution in [3.05, 3.63) is 58.6 Å². The van der Waals surface area contributed by atoms with E-state index in [4.69, 9.17) is 0 Å². The second kappa shape index (κ2) is 6.42. The van der Waals surface area contributed by atoms with E-state index in [0.717, 1.165) is 16.5 Å². The summed E-state index contributed by atoms with van der Waals surface area (Å²) in [5, 5.41) is 0.849. The fourth-order valence-corrected chi connectivity index (χ4v) is 3.41. The van der Waals surface area contributed by atoms with E-state index in [1.54, 1.807) is 53.0 Å². The van der Waals surface area contributed by atoms with E-state index in [-0.39, 0.29) is 23.9 Å². The summed E-state index contributed by atoms with van der Waals surface area (Å²) >= 11 is 0. The van der Waals surface area contributed by atoms with Gasteiger partial charge in [0, 0.05) is 56.1 Å². The van der Waals surface area contributed by atoms with Crippen LogP contribution in [0.2, 0.25) is 0 Å². The third-order valence-electron chi connectivity index (χ3n) is 5.08. The number of hydrogen-bond acceptors (Lipinski definition) is 3. The lowest BCUT2D eigenvalue weighted by Gasteiger charge is -2.32. The van der Waals surface area contributed by atoms with Gasteiger partial charge in [-0.05, 0) is 23.8 Å². The fourth-order valence-electron chi connectivity index (χ4n) is 3.41. The number of H-pyrrole nitrogens is 1. The highest BCUT2D eigenvalue weighted by molar-refractivity contribution is 5.98. The van der Waals surface area contributed by atoms with Crippen LogP contribution in [0.4, 0.5) is 0 Å². The van der Waals surface area contributed by atoms with Crippen molar-refractivity contribution in [2.24, 2.45) is 7.05 Å². The van der Waals surface area contributed by atoms with Gasteiger partial charge in [0.1, 0.15) is 12.1 Å². The second-order valence-corrected chi connectivity index (χ2v) is 6.84. The molecule has 138 valence electrons. The van der Waals surface area contributed by atoms with E-state index in [0.29, 0.717) is 24.2 Å². The number of aromatic amines is 1. The largest absolute Gasteiger partial charge is 0.357 e. The van der Waals surface area contributed by atoms with E-state index in [1.807, 2.05) is 18.2 Å². The molecule has 7 nitrogen and oxygen atoms in total. The monoisotopic (exact) mass is 364 g/mol. The van der Waals surface area contributed by atoms with Crippen LogP contribution in [0.15, 0.2) is 47.5 Å². The summed E-state index contributed by atoms with van der Waals surface area (Å²) in [6.45, 7) is 1.20. The van der Waals surface area contributed by atoms with Crippen molar-refractivity contribution < 1.29 is 9.59 Å². The molecule has 0 spiro atoms. The summed E-state index contributed by atoms with van der Waals surface area (Å²) in [5.41, 5.74) is 2.87. The van der Waals surface area contributed by atoms with Crippen LogP contribution in [0.3, 0.4) is 0 Å². The molecule has 2 aromatic heterocycles. The summed E-state index contributed by atoms with van der Waals surface area (Å²) in [4.78, 5) is 42.9. The highest BCUT2D eigenvalue weighted by atomic mass is 16.2. The quantitative estimate of drug-likeness (QED) is 0.748. The Bertz CT molecular complexity index is 1090. The lowest BCUT2D eigenvalue weighted by molar-refractivity contribution is -0.133. The molecule has 1 aliphatic rings. The zero-order chi connectivity index (χ0) is 19.1. The Hall–Kier alpha value is -3.35. The Morgan fingerprint density at radius 3 is 2.48 bits per heavy atom. The maximum atomic E-state index is 12.7. The Morgan fingerprint density at radius 1 is 1.04 bits per heavy atom. The SMILES string of the molecule is CN1CCN(C(=O)c2ccc(-c3cn(C)c(=O)c4[nH]ccc34)cc2)CC1=O. The molecule has 2 amide bonds. The van der Waals surface area contributed by atoms with E-state index in [9.17, 15) is 14.4 Å². The van der Waals surface area contributed by atoms with Crippen molar-refractivity contribution in [3.63, 3.8) is 0 Å². The Morgan fingerprint density at radius 2 is 1.78 bits per heavy atom. The number of aryl methyl sites for hydroxylation is 1. The normalized spacial score (nSPS) is 14.8. The molecule has 1 N–H and O–H groups in total. The molecule has 3 aromatic rings. The van der Waals surface area contributed by atoms with Gasteiger partial charge in [-0.1, -0.05) is 12.1 Å². The highest BCUT2D eigenvalue weighted by Crippen LogP contribution is 2.26. The van der Waals surface area contributed by atoms with Gasteiger partial charge in [0.2, 0.25) is 5.91 Å². The topological polar surface area (TPSA) is 78.4 Å². The molecule has 1 saturated heterocycles. The van der Waals surface area contributed by atoms with Gasteiger partial charge >= 0.3 is 0 Å². The molecule has 3 heterocycles. The molecule has 7 heteroatoms. The number of benzene rings is 1. The van der Waals surface area contributed by atoms with Gasteiger partial charge in [-0.15, -0.1) is 0 Å². The molecule has 1 aromatic carbocycles. The summed E-state index contributed by atoms with van der Waals surface area (Å²) in [7, 11) is 3.46. The minimum absolute atomic E-state index is 0.0497. The molecule has 0 saturated carbocycles. The van der Waals surface area contributed by atoms with E-state index >= 15 is 0 Å². The highest BCUT2D eigenvalue weighted by Gasteiger charge is 2.25. The van der Waals surface area contributed by atoms with Crippen molar-refractivity contribution in [3.8, 4) is 11.1 Å². The van der Waals surface area contributed by atoms with Crippen LogP contribution >= 0.6 is 0 Å². The van der Waals surface area contributed by atoms with Gasteiger partial charge < -0.3 is 19.4 Å². The average molecular weight is 364 g/mol. The fraction of sp³-hybridized carbons (Fsp3) is 0.250. The van der Waals surface area contributed by atoms with Gasteiger partial charge in [0.25, 0.3) is 11.5 Å². The number of carbonyl (C=O) groups excluding carboxylic acids is 2. The average Bonchev–Trinajstić information content (AvgIpc) is 3.16. The number of likely N-dealkylation sites (N-methyl/N-ethyl adjacent to an activating group) is 1. The van der Waals surface area contributed by atoms with Crippen LogP contribution in [0, 0.1) is 0 Å². The molecular weight excluding hydrogens is 344 g/mol. The number of nitrogens with zero attached hydrogens (tertiary/aromatic N) is 3. The van der Waals surface area contributed by atoms with Crippen molar-refractivity contribution in [1.82, 2.24) is 19.4 Å². The Labute approximate surface area is 155 Å². The lowest BCUT2D eigenvalue weighted by Crippen LogP contribution is -2.50. The van der Waals surface area contributed by atoms with E-state index in [1.165, 1.54) is 0 Å². The summed E-state index contributed by atoms with van der Waals surface area (Å²) in [6, 6.07) is 9.16. The number of piperazine rings is 1.